The van der Waals surface area contributed by atoms with E-state index < -0.39 is 0 Å². The second-order valence-electron chi connectivity index (χ2n) is 2.37. The fourth-order valence-electron chi connectivity index (χ4n) is 0.987. The molecule has 0 aliphatic carbocycles. The summed E-state index contributed by atoms with van der Waals surface area (Å²) in [5.41, 5.74) is 1.84. The monoisotopic (exact) mass is 155 g/mol. The predicted octanol–water partition coefficient (Wildman–Crippen LogP) is 1.94. The van der Waals surface area contributed by atoms with Crippen LogP contribution in [0.1, 0.15) is 0 Å². The fourth-order valence-corrected chi connectivity index (χ4v) is 0.987. The summed E-state index contributed by atoms with van der Waals surface area (Å²) in [6.07, 6.45) is 5.21. The normalized spacial score (nSPS) is 9.67. The van der Waals surface area contributed by atoms with Gasteiger partial charge in [0, 0.05) is 24.2 Å². The standard InChI is InChI=1S/C10H7N2/c1-2-7-12-10(5-1)9-4-3-6-11-8-9/h1-3,5-8H. The molecule has 0 fully saturated rings. The zero-order valence-corrected chi connectivity index (χ0v) is 6.44. The van der Waals surface area contributed by atoms with Crippen molar-refractivity contribution in [1.82, 2.24) is 9.97 Å². The van der Waals surface area contributed by atoms with Gasteiger partial charge in [-0.15, -0.1) is 0 Å². The number of hydrogen-bond donors (Lipinski definition) is 0. The Labute approximate surface area is 70.9 Å². The van der Waals surface area contributed by atoms with Gasteiger partial charge in [0.15, 0.2) is 0 Å². The Hall–Kier alpha value is -1.70. The smallest absolute Gasteiger partial charge is 0.0723 e. The quantitative estimate of drug-likeness (QED) is 0.629. The first-order valence-electron chi connectivity index (χ1n) is 3.70. The van der Waals surface area contributed by atoms with Gasteiger partial charge in [-0.25, -0.2) is 0 Å². The van der Waals surface area contributed by atoms with Gasteiger partial charge in [0.2, 0.25) is 0 Å². The predicted molar refractivity (Wildman–Crippen MR) is 46.3 cm³/mol. The van der Waals surface area contributed by atoms with Crippen LogP contribution in [0.25, 0.3) is 11.3 Å². The van der Waals surface area contributed by atoms with Crippen LogP contribution in [0, 0.1) is 6.07 Å². The maximum absolute atomic E-state index is 4.18. The first-order chi connectivity index (χ1) is 5.97. The molecule has 0 aliphatic rings. The van der Waals surface area contributed by atoms with Crippen molar-refractivity contribution in [2.45, 2.75) is 0 Å². The molecule has 0 aromatic carbocycles. The average molecular weight is 155 g/mol. The molecule has 0 amide bonds. The fraction of sp³-hybridized carbons (Fsp3) is 0. The van der Waals surface area contributed by atoms with Crippen LogP contribution in [0.5, 0.6) is 0 Å². The Kier molecular flexibility index (Phi) is 1.82. The first-order valence-corrected chi connectivity index (χ1v) is 3.70. The third-order valence-electron chi connectivity index (χ3n) is 1.54. The van der Waals surface area contributed by atoms with E-state index in [1.54, 1.807) is 24.7 Å². The molecule has 0 aliphatic heterocycles. The van der Waals surface area contributed by atoms with E-state index in [4.69, 9.17) is 0 Å². The molecule has 2 heterocycles. The Morgan fingerprint density at radius 1 is 1.17 bits per heavy atom. The highest BCUT2D eigenvalue weighted by atomic mass is 14.7. The van der Waals surface area contributed by atoms with E-state index in [9.17, 15) is 0 Å². The van der Waals surface area contributed by atoms with Crippen molar-refractivity contribution in [3.63, 3.8) is 0 Å². The third kappa shape index (κ3) is 1.32. The molecule has 0 unspecified atom stereocenters. The van der Waals surface area contributed by atoms with Gasteiger partial charge in [0.05, 0.1) is 5.69 Å². The van der Waals surface area contributed by atoms with E-state index in [1.807, 2.05) is 18.2 Å². The van der Waals surface area contributed by atoms with Crippen molar-refractivity contribution in [2.24, 2.45) is 0 Å². The molecule has 0 atom stereocenters. The maximum atomic E-state index is 4.18. The van der Waals surface area contributed by atoms with E-state index in [-0.39, 0.29) is 0 Å². The zero-order valence-electron chi connectivity index (χ0n) is 6.44. The van der Waals surface area contributed by atoms with E-state index in [0.29, 0.717) is 0 Å². The molecular formula is C10H7N2. The highest BCUT2D eigenvalue weighted by Crippen LogP contribution is 2.12. The van der Waals surface area contributed by atoms with Gasteiger partial charge in [0.25, 0.3) is 0 Å². The maximum Gasteiger partial charge on any atom is 0.0723 e. The molecule has 0 N–H and O–H groups in total. The van der Waals surface area contributed by atoms with Gasteiger partial charge in [-0.05, 0) is 24.3 Å². The number of rotatable bonds is 1. The minimum Gasteiger partial charge on any atom is -0.264 e. The molecule has 2 heteroatoms. The molecular weight excluding hydrogens is 148 g/mol. The van der Waals surface area contributed by atoms with Crippen LogP contribution in [0.15, 0.2) is 42.9 Å². The van der Waals surface area contributed by atoms with Crippen LogP contribution in [-0.4, -0.2) is 9.97 Å². The minimum atomic E-state index is 0.908. The van der Waals surface area contributed by atoms with Crippen molar-refractivity contribution >= 4 is 0 Å². The van der Waals surface area contributed by atoms with Gasteiger partial charge in [-0.3, -0.25) is 9.97 Å². The molecule has 2 nitrogen and oxygen atoms in total. The number of hydrogen-bond acceptors (Lipinski definition) is 2. The van der Waals surface area contributed by atoms with Gasteiger partial charge < -0.3 is 0 Å². The molecule has 0 saturated heterocycles. The summed E-state index contributed by atoms with van der Waals surface area (Å²) >= 11 is 0. The lowest BCUT2D eigenvalue weighted by Crippen LogP contribution is -1.81. The number of aromatic nitrogens is 2. The number of nitrogens with zero attached hydrogens (tertiary/aromatic N) is 2. The number of pyridine rings is 2. The lowest BCUT2D eigenvalue weighted by atomic mass is 10.2. The van der Waals surface area contributed by atoms with Crippen LogP contribution in [0.4, 0.5) is 0 Å². The molecule has 2 aromatic heterocycles. The van der Waals surface area contributed by atoms with Crippen LogP contribution in [-0.2, 0) is 0 Å². The summed E-state index contributed by atoms with van der Waals surface area (Å²) in [6, 6.07) is 10.6. The summed E-state index contributed by atoms with van der Waals surface area (Å²) in [5, 5.41) is 0. The van der Waals surface area contributed by atoms with Crippen molar-refractivity contribution in [2.75, 3.05) is 0 Å². The van der Waals surface area contributed by atoms with Gasteiger partial charge in [-0.2, -0.15) is 0 Å². The van der Waals surface area contributed by atoms with Crippen molar-refractivity contribution in [1.29, 1.82) is 0 Å². The van der Waals surface area contributed by atoms with Gasteiger partial charge in [-0.1, -0.05) is 6.07 Å². The second-order valence-corrected chi connectivity index (χ2v) is 2.37. The van der Waals surface area contributed by atoms with Crippen molar-refractivity contribution < 1.29 is 0 Å². The molecule has 0 bridgehead atoms. The highest BCUT2D eigenvalue weighted by molar-refractivity contribution is 5.55. The SMILES string of the molecule is [c]1ccncc1-c1ccccn1. The summed E-state index contributed by atoms with van der Waals surface area (Å²) in [5.74, 6) is 0. The lowest BCUT2D eigenvalue weighted by molar-refractivity contribution is 1.27. The highest BCUT2D eigenvalue weighted by Gasteiger charge is 1.95. The molecule has 2 rings (SSSR count). The minimum absolute atomic E-state index is 0.908. The summed E-state index contributed by atoms with van der Waals surface area (Å²) < 4.78 is 0. The Bertz CT molecular complexity index is 305. The van der Waals surface area contributed by atoms with Crippen LogP contribution in [0.2, 0.25) is 0 Å². The van der Waals surface area contributed by atoms with E-state index in [0.717, 1.165) is 11.3 Å². The van der Waals surface area contributed by atoms with E-state index in [1.165, 1.54) is 0 Å². The Morgan fingerprint density at radius 2 is 2.17 bits per heavy atom. The molecule has 1 radical (unpaired) electrons. The summed E-state index contributed by atoms with van der Waals surface area (Å²) in [6.45, 7) is 0. The second kappa shape index (κ2) is 3.13. The molecule has 0 spiro atoms. The van der Waals surface area contributed by atoms with Gasteiger partial charge >= 0.3 is 0 Å². The van der Waals surface area contributed by atoms with Gasteiger partial charge in [0.1, 0.15) is 0 Å². The van der Waals surface area contributed by atoms with Crippen molar-refractivity contribution in [3.05, 3.63) is 48.9 Å². The Balaban J connectivity index is 2.46. The molecule has 57 valence electrons. The Morgan fingerprint density at radius 3 is 2.83 bits per heavy atom. The van der Waals surface area contributed by atoms with Crippen LogP contribution in [0.3, 0.4) is 0 Å². The largest absolute Gasteiger partial charge is 0.264 e. The van der Waals surface area contributed by atoms with E-state index >= 15 is 0 Å². The molecule has 2 aromatic rings. The van der Waals surface area contributed by atoms with Crippen LogP contribution >= 0.6 is 0 Å². The topological polar surface area (TPSA) is 25.8 Å². The zero-order chi connectivity index (χ0) is 8.23. The van der Waals surface area contributed by atoms with Crippen LogP contribution < -0.4 is 0 Å². The molecule has 12 heavy (non-hydrogen) atoms. The summed E-state index contributed by atoms with van der Waals surface area (Å²) in [7, 11) is 0. The average Bonchev–Trinajstić information content (AvgIpc) is 2.21. The van der Waals surface area contributed by atoms with E-state index in [2.05, 4.69) is 16.0 Å². The summed E-state index contributed by atoms with van der Waals surface area (Å²) in [4.78, 5) is 8.17. The first kappa shape index (κ1) is 6.98. The molecule has 0 saturated carbocycles. The third-order valence-corrected chi connectivity index (χ3v) is 1.54. The van der Waals surface area contributed by atoms with Crippen molar-refractivity contribution in [3.8, 4) is 11.3 Å². The lowest BCUT2D eigenvalue weighted by Gasteiger charge is -1.96.